The van der Waals surface area contributed by atoms with Crippen molar-refractivity contribution in [3.8, 4) is 0 Å². The number of hydrogen-bond donors (Lipinski definition) is 2. The van der Waals surface area contributed by atoms with Gasteiger partial charge in [0.05, 0.1) is 24.6 Å². The number of methoxy groups -OCH3 is 1. The molecule has 0 aromatic heterocycles. The number of anilines is 2. The Hall–Kier alpha value is -1.30. The predicted molar refractivity (Wildman–Crippen MR) is 71.8 cm³/mol. The summed E-state index contributed by atoms with van der Waals surface area (Å²) in [4.78, 5) is 11.8. The first-order chi connectivity index (χ1) is 8.54. The molecule has 1 unspecified atom stereocenters. The number of nitrogens with one attached hydrogen (secondary N) is 1. The fraction of sp³-hybridized carbons (Fsp3) is 0.417. The zero-order valence-electron chi connectivity index (χ0n) is 10.4. The summed E-state index contributed by atoms with van der Waals surface area (Å²) >= 11 is 5.83. The number of nitrogens with two attached hydrogens (primary N) is 1. The number of ether oxygens (including phenoxy) is 2. The van der Waals surface area contributed by atoms with Crippen LogP contribution in [0.4, 0.5) is 11.4 Å². The van der Waals surface area contributed by atoms with Crippen LogP contribution in [0.25, 0.3) is 0 Å². The topological polar surface area (TPSA) is 73.6 Å². The van der Waals surface area contributed by atoms with Crippen LogP contribution in [0.15, 0.2) is 18.2 Å². The number of carbonyl (C=O) groups is 1. The molecular formula is C12H17ClN2O3. The Kier molecular flexibility index (Phi) is 5.91. The summed E-state index contributed by atoms with van der Waals surface area (Å²) in [6, 6.07) is 4.89. The molecule has 6 heteroatoms. The van der Waals surface area contributed by atoms with E-state index in [9.17, 15) is 4.79 Å². The maximum Gasteiger partial charge on any atom is 0.253 e. The molecule has 0 aliphatic carbocycles. The number of hydrogen-bond acceptors (Lipinski definition) is 4. The van der Waals surface area contributed by atoms with Crippen LogP contribution in [0.1, 0.15) is 6.92 Å². The van der Waals surface area contributed by atoms with Gasteiger partial charge in [0.1, 0.15) is 6.10 Å². The molecule has 1 aromatic rings. The van der Waals surface area contributed by atoms with Crippen molar-refractivity contribution in [2.45, 2.75) is 13.0 Å². The quantitative estimate of drug-likeness (QED) is 0.613. The van der Waals surface area contributed by atoms with Crippen molar-refractivity contribution in [3.05, 3.63) is 23.2 Å². The Labute approximate surface area is 111 Å². The van der Waals surface area contributed by atoms with Crippen LogP contribution < -0.4 is 11.1 Å². The first-order valence-corrected chi connectivity index (χ1v) is 5.89. The van der Waals surface area contributed by atoms with Crippen molar-refractivity contribution in [1.82, 2.24) is 0 Å². The Morgan fingerprint density at radius 1 is 1.50 bits per heavy atom. The molecule has 1 amide bonds. The monoisotopic (exact) mass is 272 g/mol. The van der Waals surface area contributed by atoms with Gasteiger partial charge in [-0.3, -0.25) is 4.79 Å². The van der Waals surface area contributed by atoms with Gasteiger partial charge in [-0.25, -0.2) is 0 Å². The highest BCUT2D eigenvalue weighted by molar-refractivity contribution is 6.31. The van der Waals surface area contributed by atoms with E-state index in [4.69, 9.17) is 26.8 Å². The molecule has 0 saturated carbocycles. The largest absolute Gasteiger partial charge is 0.397 e. The van der Waals surface area contributed by atoms with Crippen LogP contribution in [0.3, 0.4) is 0 Å². The number of halogens is 1. The number of nitrogen functional groups attached to an aromatic ring is 1. The van der Waals surface area contributed by atoms with E-state index in [-0.39, 0.29) is 5.91 Å². The lowest BCUT2D eigenvalue weighted by atomic mass is 10.2. The van der Waals surface area contributed by atoms with Crippen LogP contribution in [-0.4, -0.2) is 32.3 Å². The molecule has 5 nitrogen and oxygen atoms in total. The Morgan fingerprint density at radius 2 is 2.22 bits per heavy atom. The molecule has 1 rings (SSSR count). The SMILES string of the molecule is COCCOC(C)C(=O)Nc1cc(Cl)ccc1N. The van der Waals surface area contributed by atoms with Gasteiger partial charge >= 0.3 is 0 Å². The highest BCUT2D eigenvalue weighted by atomic mass is 35.5. The minimum atomic E-state index is -0.585. The van der Waals surface area contributed by atoms with Crippen LogP contribution in [-0.2, 0) is 14.3 Å². The van der Waals surface area contributed by atoms with E-state index in [2.05, 4.69) is 5.32 Å². The van der Waals surface area contributed by atoms with E-state index in [1.165, 1.54) is 0 Å². The normalized spacial score (nSPS) is 12.2. The molecular weight excluding hydrogens is 256 g/mol. The smallest absolute Gasteiger partial charge is 0.253 e. The summed E-state index contributed by atoms with van der Waals surface area (Å²) in [5, 5.41) is 3.17. The molecule has 0 bridgehead atoms. The van der Waals surface area contributed by atoms with E-state index in [1.54, 1.807) is 32.2 Å². The summed E-state index contributed by atoms with van der Waals surface area (Å²) in [6.45, 7) is 2.46. The molecule has 18 heavy (non-hydrogen) atoms. The van der Waals surface area contributed by atoms with Gasteiger partial charge in [-0.15, -0.1) is 0 Å². The highest BCUT2D eigenvalue weighted by Crippen LogP contribution is 2.23. The van der Waals surface area contributed by atoms with Crippen LogP contribution in [0.2, 0.25) is 5.02 Å². The number of benzene rings is 1. The summed E-state index contributed by atoms with van der Waals surface area (Å²) < 4.78 is 10.1. The number of amides is 1. The average molecular weight is 273 g/mol. The van der Waals surface area contributed by atoms with E-state index in [0.717, 1.165) is 0 Å². The lowest BCUT2D eigenvalue weighted by molar-refractivity contribution is -0.127. The number of rotatable bonds is 6. The molecule has 0 fully saturated rings. The van der Waals surface area contributed by atoms with E-state index in [0.29, 0.717) is 29.6 Å². The summed E-state index contributed by atoms with van der Waals surface area (Å²) in [5.41, 5.74) is 6.66. The third-order valence-electron chi connectivity index (χ3n) is 2.30. The number of carbonyl (C=O) groups excluding carboxylic acids is 1. The minimum absolute atomic E-state index is 0.278. The Bertz CT molecular complexity index is 412. The molecule has 0 saturated heterocycles. The van der Waals surface area contributed by atoms with Crippen molar-refractivity contribution in [2.24, 2.45) is 0 Å². The molecule has 0 spiro atoms. The molecule has 0 aliphatic heterocycles. The van der Waals surface area contributed by atoms with Crippen molar-refractivity contribution < 1.29 is 14.3 Å². The van der Waals surface area contributed by atoms with Gasteiger partial charge in [0.2, 0.25) is 0 Å². The third-order valence-corrected chi connectivity index (χ3v) is 2.53. The lowest BCUT2D eigenvalue weighted by Crippen LogP contribution is -2.29. The first-order valence-electron chi connectivity index (χ1n) is 5.51. The third kappa shape index (κ3) is 4.52. The first kappa shape index (κ1) is 14.8. The summed E-state index contributed by atoms with van der Waals surface area (Å²) in [7, 11) is 1.57. The van der Waals surface area contributed by atoms with E-state index >= 15 is 0 Å². The second-order valence-corrected chi connectivity index (χ2v) is 4.16. The van der Waals surface area contributed by atoms with E-state index in [1.807, 2.05) is 0 Å². The second-order valence-electron chi connectivity index (χ2n) is 3.73. The van der Waals surface area contributed by atoms with Gasteiger partial charge in [-0.05, 0) is 25.1 Å². The van der Waals surface area contributed by atoms with Gasteiger partial charge in [0, 0.05) is 12.1 Å². The van der Waals surface area contributed by atoms with Crippen molar-refractivity contribution >= 4 is 28.9 Å². The second kappa shape index (κ2) is 7.20. The van der Waals surface area contributed by atoms with Gasteiger partial charge in [-0.2, -0.15) is 0 Å². The molecule has 1 aromatic carbocycles. The van der Waals surface area contributed by atoms with Crippen molar-refractivity contribution in [3.63, 3.8) is 0 Å². The van der Waals surface area contributed by atoms with Crippen molar-refractivity contribution in [2.75, 3.05) is 31.4 Å². The lowest BCUT2D eigenvalue weighted by Gasteiger charge is -2.14. The zero-order chi connectivity index (χ0) is 13.5. The molecule has 3 N–H and O–H groups in total. The zero-order valence-corrected chi connectivity index (χ0v) is 11.2. The summed E-state index contributed by atoms with van der Waals surface area (Å²) in [6.07, 6.45) is -0.585. The van der Waals surface area contributed by atoms with Crippen LogP contribution in [0, 0.1) is 0 Å². The van der Waals surface area contributed by atoms with Gasteiger partial charge in [-0.1, -0.05) is 11.6 Å². The van der Waals surface area contributed by atoms with Crippen LogP contribution in [0.5, 0.6) is 0 Å². The average Bonchev–Trinajstić information content (AvgIpc) is 2.34. The molecule has 0 heterocycles. The van der Waals surface area contributed by atoms with Crippen LogP contribution >= 0.6 is 11.6 Å². The minimum Gasteiger partial charge on any atom is -0.397 e. The van der Waals surface area contributed by atoms with Gasteiger partial charge in [0.25, 0.3) is 5.91 Å². The molecule has 100 valence electrons. The summed E-state index contributed by atoms with van der Waals surface area (Å²) in [5.74, 6) is -0.278. The maximum atomic E-state index is 11.8. The van der Waals surface area contributed by atoms with E-state index < -0.39 is 6.10 Å². The Balaban J connectivity index is 2.55. The highest BCUT2D eigenvalue weighted by Gasteiger charge is 2.14. The Morgan fingerprint density at radius 3 is 2.89 bits per heavy atom. The molecule has 0 radical (unpaired) electrons. The predicted octanol–water partition coefficient (Wildman–Crippen LogP) is 1.91. The van der Waals surface area contributed by atoms with Gasteiger partial charge in [0.15, 0.2) is 0 Å². The molecule has 0 aliphatic rings. The fourth-order valence-corrected chi connectivity index (χ4v) is 1.43. The fourth-order valence-electron chi connectivity index (χ4n) is 1.26. The van der Waals surface area contributed by atoms with Gasteiger partial charge < -0.3 is 20.5 Å². The van der Waals surface area contributed by atoms with Crippen molar-refractivity contribution in [1.29, 1.82) is 0 Å². The standard InChI is InChI=1S/C12H17ClN2O3/c1-8(18-6-5-17-2)12(16)15-11-7-9(13)3-4-10(11)14/h3-4,7-8H,5-6,14H2,1-2H3,(H,15,16). The maximum absolute atomic E-state index is 11.8. The molecule has 1 atom stereocenters.